The predicted octanol–water partition coefficient (Wildman–Crippen LogP) is 4.11. The minimum Gasteiger partial charge on any atom is -0.420 e. The van der Waals surface area contributed by atoms with E-state index in [2.05, 4.69) is 20.3 Å². The van der Waals surface area contributed by atoms with Gasteiger partial charge in [0.1, 0.15) is 5.76 Å². The molecule has 0 N–H and O–H groups in total. The molecule has 0 bridgehead atoms. The number of hydrogen-bond acceptors (Lipinski definition) is 6. The van der Waals surface area contributed by atoms with Crippen LogP contribution in [0.5, 0.6) is 0 Å². The van der Waals surface area contributed by atoms with Crippen LogP contribution in [0.15, 0.2) is 39.3 Å². The summed E-state index contributed by atoms with van der Waals surface area (Å²) >= 11 is 0. The zero-order chi connectivity index (χ0) is 18.4. The Balaban J connectivity index is 1.23. The molecule has 1 aromatic carbocycles. The molecule has 1 aliphatic carbocycles. The lowest BCUT2D eigenvalue weighted by Crippen LogP contribution is -2.34. The molecule has 2 fully saturated rings. The fourth-order valence-corrected chi connectivity index (χ4v) is 4.43. The minimum atomic E-state index is 0.357. The van der Waals surface area contributed by atoms with Crippen LogP contribution in [0.3, 0.4) is 0 Å². The van der Waals surface area contributed by atoms with Gasteiger partial charge in [0.2, 0.25) is 11.8 Å². The molecule has 3 aromatic rings. The van der Waals surface area contributed by atoms with Gasteiger partial charge in [-0.3, -0.25) is 4.90 Å². The van der Waals surface area contributed by atoms with Gasteiger partial charge in [-0.25, -0.2) is 0 Å². The Bertz CT molecular complexity index is 919. The van der Waals surface area contributed by atoms with Crippen molar-refractivity contribution >= 4 is 0 Å². The number of piperidine rings is 1. The Morgan fingerprint density at radius 2 is 1.89 bits per heavy atom. The first-order chi connectivity index (χ1) is 13.1. The summed E-state index contributed by atoms with van der Waals surface area (Å²) in [7, 11) is 0. The molecule has 27 heavy (non-hydrogen) atoms. The molecule has 0 amide bonds. The van der Waals surface area contributed by atoms with Gasteiger partial charge in [-0.2, -0.15) is 0 Å². The first-order valence-corrected chi connectivity index (χ1v) is 9.67. The van der Waals surface area contributed by atoms with Crippen LogP contribution in [0.25, 0.3) is 11.5 Å². The van der Waals surface area contributed by atoms with E-state index in [0.717, 1.165) is 42.5 Å². The summed E-state index contributed by atoms with van der Waals surface area (Å²) in [5, 5.41) is 12.7. The molecule has 1 saturated carbocycles. The van der Waals surface area contributed by atoms with Gasteiger partial charge in [0.15, 0.2) is 0 Å². The summed E-state index contributed by atoms with van der Waals surface area (Å²) in [6.45, 7) is 7.15. The van der Waals surface area contributed by atoms with E-state index in [-0.39, 0.29) is 0 Å². The second-order valence-corrected chi connectivity index (χ2v) is 8.01. The van der Waals surface area contributed by atoms with Gasteiger partial charge in [0, 0.05) is 23.6 Å². The molecule has 6 nitrogen and oxygen atoms in total. The molecule has 6 heteroatoms. The van der Waals surface area contributed by atoms with E-state index in [1.807, 2.05) is 44.2 Å². The third-order valence-electron chi connectivity index (χ3n) is 6.36. The van der Waals surface area contributed by atoms with Crippen molar-refractivity contribution in [3.05, 3.63) is 53.2 Å². The summed E-state index contributed by atoms with van der Waals surface area (Å²) in [4.78, 5) is 2.51. The number of rotatable bonds is 4. The highest BCUT2D eigenvalue weighted by atomic mass is 16.5. The molecular weight excluding hydrogens is 340 g/mol. The highest BCUT2D eigenvalue weighted by Crippen LogP contribution is 2.64. The van der Waals surface area contributed by atoms with Crippen molar-refractivity contribution in [3.63, 3.8) is 0 Å². The van der Waals surface area contributed by atoms with Crippen molar-refractivity contribution in [2.75, 3.05) is 13.1 Å². The largest absolute Gasteiger partial charge is 0.420 e. The SMILES string of the molecule is Cc1noc(C)c1CN1CCC2(CC1)CC2c1nnc(-c2ccccc2)o1. The maximum atomic E-state index is 6.01. The second-order valence-electron chi connectivity index (χ2n) is 8.01. The Labute approximate surface area is 158 Å². The molecule has 140 valence electrons. The first-order valence-electron chi connectivity index (χ1n) is 9.67. The van der Waals surface area contributed by atoms with Gasteiger partial charge in [-0.05, 0) is 63.7 Å². The van der Waals surface area contributed by atoms with Crippen molar-refractivity contribution in [1.29, 1.82) is 0 Å². The highest BCUT2D eigenvalue weighted by Gasteiger charge is 2.58. The minimum absolute atomic E-state index is 0.357. The Hall–Kier alpha value is -2.47. The number of aromatic nitrogens is 3. The normalized spacial score (nSPS) is 21.6. The van der Waals surface area contributed by atoms with E-state index in [1.165, 1.54) is 24.8 Å². The van der Waals surface area contributed by atoms with E-state index >= 15 is 0 Å². The number of benzene rings is 1. The van der Waals surface area contributed by atoms with Gasteiger partial charge in [0.05, 0.1) is 5.69 Å². The van der Waals surface area contributed by atoms with Gasteiger partial charge >= 0.3 is 0 Å². The molecule has 1 unspecified atom stereocenters. The zero-order valence-corrected chi connectivity index (χ0v) is 15.8. The van der Waals surface area contributed by atoms with E-state index in [1.54, 1.807) is 0 Å². The number of aryl methyl sites for hydroxylation is 2. The van der Waals surface area contributed by atoms with E-state index in [0.29, 0.717) is 17.2 Å². The molecule has 1 spiro atoms. The van der Waals surface area contributed by atoms with Crippen LogP contribution in [-0.4, -0.2) is 33.3 Å². The van der Waals surface area contributed by atoms with Crippen molar-refractivity contribution in [3.8, 4) is 11.5 Å². The third kappa shape index (κ3) is 2.98. The summed E-state index contributed by atoms with van der Waals surface area (Å²) in [5.41, 5.74) is 3.59. The van der Waals surface area contributed by atoms with Gasteiger partial charge in [-0.15, -0.1) is 10.2 Å². The maximum Gasteiger partial charge on any atom is 0.247 e. The quantitative estimate of drug-likeness (QED) is 0.694. The van der Waals surface area contributed by atoms with Crippen molar-refractivity contribution < 1.29 is 8.94 Å². The zero-order valence-electron chi connectivity index (χ0n) is 15.8. The van der Waals surface area contributed by atoms with Crippen LogP contribution < -0.4 is 0 Å². The molecule has 1 saturated heterocycles. The number of hydrogen-bond donors (Lipinski definition) is 0. The van der Waals surface area contributed by atoms with Crippen LogP contribution >= 0.6 is 0 Å². The number of likely N-dealkylation sites (tertiary alicyclic amines) is 1. The van der Waals surface area contributed by atoms with Crippen molar-refractivity contribution in [2.45, 2.75) is 45.6 Å². The Kier molecular flexibility index (Phi) is 3.90. The number of nitrogens with zero attached hydrogens (tertiary/aromatic N) is 4. The average molecular weight is 364 g/mol. The Morgan fingerprint density at radius 1 is 1.11 bits per heavy atom. The van der Waals surface area contributed by atoms with Crippen LogP contribution in [0.1, 0.15) is 48.1 Å². The molecule has 0 radical (unpaired) electrons. The monoisotopic (exact) mass is 364 g/mol. The van der Waals surface area contributed by atoms with Crippen LogP contribution in [-0.2, 0) is 6.54 Å². The highest BCUT2D eigenvalue weighted by molar-refractivity contribution is 5.51. The van der Waals surface area contributed by atoms with E-state index in [4.69, 9.17) is 8.94 Å². The summed E-state index contributed by atoms with van der Waals surface area (Å²) in [5.74, 6) is 2.80. The summed E-state index contributed by atoms with van der Waals surface area (Å²) in [6, 6.07) is 9.99. The lowest BCUT2D eigenvalue weighted by Gasteiger charge is -2.32. The van der Waals surface area contributed by atoms with Gasteiger partial charge < -0.3 is 8.94 Å². The van der Waals surface area contributed by atoms with Gasteiger partial charge in [-0.1, -0.05) is 23.4 Å². The lowest BCUT2D eigenvalue weighted by molar-refractivity contribution is 0.159. The maximum absolute atomic E-state index is 6.01. The van der Waals surface area contributed by atoms with E-state index in [9.17, 15) is 0 Å². The molecule has 3 heterocycles. The third-order valence-corrected chi connectivity index (χ3v) is 6.36. The van der Waals surface area contributed by atoms with Gasteiger partial charge in [0.25, 0.3) is 0 Å². The molecule has 1 aliphatic heterocycles. The fourth-order valence-electron chi connectivity index (χ4n) is 4.43. The smallest absolute Gasteiger partial charge is 0.247 e. The summed E-state index contributed by atoms with van der Waals surface area (Å²) in [6.07, 6.45) is 3.54. The molecule has 5 rings (SSSR count). The van der Waals surface area contributed by atoms with Crippen LogP contribution in [0.2, 0.25) is 0 Å². The van der Waals surface area contributed by atoms with Crippen molar-refractivity contribution in [1.82, 2.24) is 20.3 Å². The van der Waals surface area contributed by atoms with Crippen LogP contribution in [0.4, 0.5) is 0 Å². The average Bonchev–Trinajstić information content (AvgIpc) is 3.02. The Morgan fingerprint density at radius 3 is 2.59 bits per heavy atom. The van der Waals surface area contributed by atoms with Crippen molar-refractivity contribution in [2.24, 2.45) is 5.41 Å². The predicted molar refractivity (Wildman–Crippen MR) is 100 cm³/mol. The summed E-state index contributed by atoms with van der Waals surface area (Å²) < 4.78 is 11.3. The molecule has 1 atom stereocenters. The molecule has 2 aromatic heterocycles. The van der Waals surface area contributed by atoms with E-state index < -0.39 is 0 Å². The molecular formula is C21H24N4O2. The standard InChI is InChI=1S/C21H24N4O2/c1-14-17(15(2)27-24-14)13-25-10-8-21(9-11-25)12-18(21)20-23-22-19(26-20)16-6-4-3-5-7-16/h3-7,18H,8-13H2,1-2H3. The lowest BCUT2D eigenvalue weighted by atomic mass is 9.90. The topological polar surface area (TPSA) is 68.2 Å². The molecule has 2 aliphatic rings. The van der Waals surface area contributed by atoms with Crippen LogP contribution in [0, 0.1) is 19.3 Å². The second kappa shape index (κ2) is 6.30. The fraction of sp³-hybridized carbons (Fsp3) is 0.476. The first kappa shape index (κ1) is 16.7.